The summed E-state index contributed by atoms with van der Waals surface area (Å²) in [5.74, 6) is 0.122. The standard InChI is InChI=1S/C19H20N2O7/c1-19(11-5-7-13(25-2)15(9-11)26-3)17(23)21(18(24)20-19)10-12-6-8-14(28-12)16(22)27-4/h5-9H,10H2,1-4H3,(H,20,24). The Morgan fingerprint density at radius 2 is 1.82 bits per heavy atom. The van der Waals surface area contributed by atoms with Crippen LogP contribution in [0.1, 0.15) is 28.8 Å². The summed E-state index contributed by atoms with van der Waals surface area (Å²) in [6, 6.07) is 7.36. The first-order valence-corrected chi connectivity index (χ1v) is 8.37. The van der Waals surface area contributed by atoms with Gasteiger partial charge in [0.1, 0.15) is 11.3 Å². The summed E-state index contributed by atoms with van der Waals surface area (Å²) in [7, 11) is 4.23. The van der Waals surface area contributed by atoms with Crippen LogP contribution in [0.15, 0.2) is 34.7 Å². The number of nitrogens with zero attached hydrogens (tertiary/aromatic N) is 1. The topological polar surface area (TPSA) is 107 Å². The maximum Gasteiger partial charge on any atom is 0.373 e. The molecule has 0 radical (unpaired) electrons. The fourth-order valence-corrected chi connectivity index (χ4v) is 3.01. The van der Waals surface area contributed by atoms with E-state index >= 15 is 0 Å². The van der Waals surface area contributed by atoms with Crippen LogP contribution in [0.5, 0.6) is 11.5 Å². The number of carbonyl (C=O) groups excluding carboxylic acids is 3. The Morgan fingerprint density at radius 3 is 2.46 bits per heavy atom. The Hall–Kier alpha value is -3.49. The average Bonchev–Trinajstić information content (AvgIpc) is 3.26. The largest absolute Gasteiger partial charge is 0.493 e. The van der Waals surface area contributed by atoms with Gasteiger partial charge in [-0.15, -0.1) is 0 Å². The lowest BCUT2D eigenvalue weighted by Gasteiger charge is -2.23. The maximum absolute atomic E-state index is 13.0. The summed E-state index contributed by atoms with van der Waals surface area (Å²) in [6.45, 7) is 1.49. The van der Waals surface area contributed by atoms with Crippen molar-refractivity contribution in [1.29, 1.82) is 0 Å². The predicted molar refractivity (Wildman–Crippen MR) is 96.0 cm³/mol. The van der Waals surface area contributed by atoms with E-state index in [0.717, 1.165) is 4.90 Å². The van der Waals surface area contributed by atoms with E-state index in [1.165, 1.54) is 33.5 Å². The molecule has 1 N–H and O–H groups in total. The van der Waals surface area contributed by atoms with Crippen molar-refractivity contribution < 1.29 is 33.0 Å². The molecule has 0 spiro atoms. The number of nitrogens with one attached hydrogen (secondary N) is 1. The molecule has 28 heavy (non-hydrogen) atoms. The molecule has 1 atom stereocenters. The highest BCUT2D eigenvalue weighted by atomic mass is 16.5. The summed E-state index contributed by atoms with van der Waals surface area (Å²) in [5, 5.41) is 2.70. The van der Waals surface area contributed by atoms with Gasteiger partial charge < -0.3 is 23.9 Å². The van der Waals surface area contributed by atoms with Gasteiger partial charge >= 0.3 is 12.0 Å². The SMILES string of the molecule is COC(=O)c1ccc(CN2C(=O)NC(C)(c3ccc(OC)c(OC)c3)C2=O)o1. The second kappa shape index (κ2) is 7.26. The van der Waals surface area contributed by atoms with Crippen LogP contribution in [0.4, 0.5) is 4.79 Å². The zero-order valence-corrected chi connectivity index (χ0v) is 15.9. The molecule has 1 saturated heterocycles. The summed E-state index contributed by atoms with van der Waals surface area (Å²) in [5.41, 5.74) is -0.741. The lowest BCUT2D eigenvalue weighted by Crippen LogP contribution is -2.40. The summed E-state index contributed by atoms with van der Waals surface area (Å²) < 4.78 is 20.4. The van der Waals surface area contributed by atoms with Crippen molar-refractivity contribution in [2.24, 2.45) is 0 Å². The molecule has 1 aromatic heterocycles. The minimum Gasteiger partial charge on any atom is -0.493 e. The van der Waals surface area contributed by atoms with Crippen LogP contribution in [0.3, 0.4) is 0 Å². The Kier molecular flexibility index (Phi) is 5.00. The van der Waals surface area contributed by atoms with E-state index in [9.17, 15) is 14.4 Å². The first-order chi connectivity index (χ1) is 13.3. The number of hydrogen-bond acceptors (Lipinski definition) is 7. The molecular formula is C19H20N2O7. The fourth-order valence-electron chi connectivity index (χ4n) is 3.01. The van der Waals surface area contributed by atoms with Crippen LogP contribution in [-0.2, 0) is 21.6 Å². The third-order valence-corrected chi connectivity index (χ3v) is 4.60. The van der Waals surface area contributed by atoms with Crippen molar-refractivity contribution in [3.63, 3.8) is 0 Å². The number of imide groups is 1. The fraction of sp³-hybridized carbons (Fsp3) is 0.316. The van der Waals surface area contributed by atoms with E-state index in [1.807, 2.05) is 0 Å². The minimum absolute atomic E-state index is 0.00722. The van der Waals surface area contributed by atoms with Crippen molar-refractivity contribution >= 4 is 17.9 Å². The zero-order valence-electron chi connectivity index (χ0n) is 15.9. The molecule has 0 saturated carbocycles. The van der Waals surface area contributed by atoms with Crippen molar-refractivity contribution in [3.8, 4) is 11.5 Å². The van der Waals surface area contributed by atoms with E-state index in [1.54, 1.807) is 25.1 Å². The molecule has 9 nitrogen and oxygen atoms in total. The first kappa shape index (κ1) is 19.3. The molecule has 148 valence electrons. The first-order valence-electron chi connectivity index (χ1n) is 8.37. The number of rotatable bonds is 6. The second-order valence-corrected chi connectivity index (χ2v) is 6.27. The van der Waals surface area contributed by atoms with Gasteiger partial charge in [0.2, 0.25) is 5.76 Å². The molecule has 0 bridgehead atoms. The summed E-state index contributed by atoms with van der Waals surface area (Å²) in [6.07, 6.45) is 0. The van der Waals surface area contributed by atoms with Crippen LogP contribution in [0.25, 0.3) is 0 Å². The third-order valence-electron chi connectivity index (χ3n) is 4.60. The van der Waals surface area contributed by atoms with Crippen LogP contribution >= 0.6 is 0 Å². The lowest BCUT2D eigenvalue weighted by molar-refractivity contribution is -0.131. The summed E-state index contributed by atoms with van der Waals surface area (Å²) in [4.78, 5) is 38.0. The quantitative estimate of drug-likeness (QED) is 0.596. The second-order valence-electron chi connectivity index (χ2n) is 6.27. The number of urea groups is 1. The smallest absolute Gasteiger partial charge is 0.373 e. The number of benzene rings is 1. The van der Waals surface area contributed by atoms with E-state index < -0.39 is 23.4 Å². The molecule has 3 amide bonds. The predicted octanol–water partition coefficient (Wildman–Crippen LogP) is 2.05. The highest BCUT2D eigenvalue weighted by Crippen LogP contribution is 2.35. The van der Waals surface area contributed by atoms with E-state index in [2.05, 4.69) is 10.1 Å². The van der Waals surface area contributed by atoms with Crippen molar-refractivity contribution in [1.82, 2.24) is 10.2 Å². The molecule has 3 rings (SSSR count). The highest BCUT2D eigenvalue weighted by Gasteiger charge is 2.49. The molecule has 1 aromatic carbocycles. The van der Waals surface area contributed by atoms with Gasteiger partial charge in [0.15, 0.2) is 11.5 Å². The van der Waals surface area contributed by atoms with Crippen LogP contribution in [-0.4, -0.2) is 44.1 Å². The van der Waals surface area contributed by atoms with Gasteiger partial charge in [0.25, 0.3) is 5.91 Å². The van der Waals surface area contributed by atoms with Gasteiger partial charge in [-0.25, -0.2) is 9.59 Å². The monoisotopic (exact) mass is 388 g/mol. The van der Waals surface area contributed by atoms with Gasteiger partial charge in [0, 0.05) is 0 Å². The Balaban J connectivity index is 1.86. The molecule has 1 aliphatic heterocycles. The van der Waals surface area contributed by atoms with Crippen molar-refractivity contribution in [2.75, 3.05) is 21.3 Å². The van der Waals surface area contributed by atoms with Gasteiger partial charge in [-0.05, 0) is 36.8 Å². The van der Waals surface area contributed by atoms with Crippen LogP contribution < -0.4 is 14.8 Å². The number of carbonyl (C=O) groups is 3. The van der Waals surface area contributed by atoms with Crippen molar-refractivity contribution in [2.45, 2.75) is 19.0 Å². The highest BCUT2D eigenvalue weighted by molar-refractivity contribution is 6.07. The maximum atomic E-state index is 13.0. The number of amides is 3. The molecular weight excluding hydrogens is 368 g/mol. The van der Waals surface area contributed by atoms with Gasteiger partial charge in [-0.1, -0.05) is 6.07 Å². The Bertz CT molecular complexity index is 936. The zero-order chi connectivity index (χ0) is 20.5. The van der Waals surface area contributed by atoms with Crippen LogP contribution in [0.2, 0.25) is 0 Å². The van der Waals surface area contributed by atoms with Gasteiger partial charge in [-0.3, -0.25) is 9.69 Å². The van der Waals surface area contributed by atoms with E-state index in [-0.39, 0.29) is 18.1 Å². The van der Waals surface area contributed by atoms with E-state index in [4.69, 9.17) is 13.9 Å². The number of hydrogen-bond donors (Lipinski definition) is 1. The van der Waals surface area contributed by atoms with E-state index in [0.29, 0.717) is 17.1 Å². The number of esters is 1. The van der Waals surface area contributed by atoms with Gasteiger partial charge in [-0.2, -0.15) is 0 Å². The normalized spacial score (nSPS) is 18.8. The minimum atomic E-state index is -1.28. The van der Waals surface area contributed by atoms with Crippen molar-refractivity contribution in [3.05, 3.63) is 47.4 Å². The number of furan rings is 1. The number of methoxy groups -OCH3 is 3. The molecule has 1 aliphatic rings. The average molecular weight is 388 g/mol. The summed E-state index contributed by atoms with van der Waals surface area (Å²) >= 11 is 0. The lowest BCUT2D eigenvalue weighted by atomic mass is 9.91. The Labute approximate surface area is 161 Å². The van der Waals surface area contributed by atoms with Crippen LogP contribution in [0, 0.1) is 0 Å². The van der Waals surface area contributed by atoms with Gasteiger partial charge in [0.05, 0.1) is 27.9 Å². The molecule has 2 heterocycles. The number of ether oxygens (including phenoxy) is 3. The third kappa shape index (κ3) is 3.15. The Morgan fingerprint density at radius 1 is 1.11 bits per heavy atom. The molecule has 0 aliphatic carbocycles. The molecule has 2 aromatic rings. The molecule has 1 fully saturated rings. The molecule has 9 heteroatoms. The molecule has 1 unspecified atom stereocenters.